The maximum Gasteiger partial charge on any atom is 0.261 e. The van der Waals surface area contributed by atoms with Crippen LogP contribution in [0.4, 0.5) is 5.82 Å². The molecule has 2 aromatic heterocycles. The molecule has 2 N–H and O–H groups in total. The SMILES string of the molecule is CNC(=O)c1sc2ccccc2c1C1CCN(Cc2cccnc2NC)C1. The van der Waals surface area contributed by atoms with Crippen LogP contribution in [-0.2, 0) is 6.54 Å². The molecule has 1 aliphatic rings. The van der Waals surface area contributed by atoms with Gasteiger partial charge in [-0.2, -0.15) is 0 Å². The van der Waals surface area contributed by atoms with Crippen LogP contribution >= 0.6 is 11.3 Å². The van der Waals surface area contributed by atoms with E-state index in [0.717, 1.165) is 36.8 Å². The molecule has 27 heavy (non-hydrogen) atoms. The summed E-state index contributed by atoms with van der Waals surface area (Å²) in [7, 11) is 3.62. The molecule has 0 saturated carbocycles. The minimum absolute atomic E-state index is 0.0226. The van der Waals surface area contributed by atoms with E-state index in [9.17, 15) is 4.79 Å². The Kier molecular flexibility index (Phi) is 5.09. The van der Waals surface area contributed by atoms with E-state index < -0.39 is 0 Å². The molecule has 1 amide bonds. The molecule has 0 aliphatic carbocycles. The van der Waals surface area contributed by atoms with Crippen molar-refractivity contribution < 1.29 is 4.79 Å². The fourth-order valence-electron chi connectivity index (χ4n) is 4.00. The Morgan fingerprint density at radius 3 is 2.93 bits per heavy atom. The molecule has 6 heteroatoms. The Hall–Kier alpha value is -2.44. The zero-order valence-electron chi connectivity index (χ0n) is 15.7. The Labute approximate surface area is 163 Å². The number of rotatable bonds is 5. The highest BCUT2D eigenvalue weighted by Gasteiger charge is 2.30. The van der Waals surface area contributed by atoms with Gasteiger partial charge in [-0.25, -0.2) is 4.98 Å². The minimum atomic E-state index is 0.0226. The quantitative estimate of drug-likeness (QED) is 0.709. The molecule has 1 aromatic carbocycles. The average Bonchev–Trinajstić information content (AvgIpc) is 3.31. The summed E-state index contributed by atoms with van der Waals surface area (Å²) >= 11 is 1.60. The van der Waals surface area contributed by atoms with Crippen LogP contribution < -0.4 is 10.6 Å². The van der Waals surface area contributed by atoms with Crippen LogP contribution in [0.3, 0.4) is 0 Å². The van der Waals surface area contributed by atoms with Crippen molar-refractivity contribution in [3.05, 3.63) is 58.6 Å². The molecule has 3 heterocycles. The molecule has 0 radical (unpaired) electrons. The van der Waals surface area contributed by atoms with Gasteiger partial charge in [0.2, 0.25) is 0 Å². The maximum atomic E-state index is 12.5. The van der Waals surface area contributed by atoms with Crippen LogP contribution in [0, 0.1) is 0 Å². The number of anilines is 1. The molecule has 1 aliphatic heterocycles. The number of hydrogen-bond acceptors (Lipinski definition) is 5. The number of amides is 1. The van der Waals surface area contributed by atoms with Crippen LogP contribution in [0.2, 0.25) is 0 Å². The monoisotopic (exact) mass is 380 g/mol. The van der Waals surface area contributed by atoms with Gasteiger partial charge in [-0.15, -0.1) is 11.3 Å². The number of benzene rings is 1. The molecule has 5 nitrogen and oxygen atoms in total. The number of likely N-dealkylation sites (tertiary alicyclic amines) is 1. The summed E-state index contributed by atoms with van der Waals surface area (Å²) in [4.78, 5) is 20.2. The Morgan fingerprint density at radius 1 is 1.26 bits per heavy atom. The normalized spacial score (nSPS) is 17.3. The molecule has 4 rings (SSSR count). The fourth-order valence-corrected chi connectivity index (χ4v) is 5.23. The first kappa shape index (κ1) is 17.9. The van der Waals surface area contributed by atoms with Crippen molar-refractivity contribution in [2.45, 2.75) is 18.9 Å². The number of hydrogen-bond donors (Lipinski definition) is 2. The zero-order valence-corrected chi connectivity index (χ0v) is 16.5. The third-order valence-corrected chi connectivity index (χ3v) is 6.46. The van der Waals surface area contributed by atoms with Crippen LogP contribution in [0.1, 0.15) is 33.1 Å². The average molecular weight is 381 g/mol. The van der Waals surface area contributed by atoms with Gasteiger partial charge in [0, 0.05) is 49.6 Å². The van der Waals surface area contributed by atoms with Crippen molar-refractivity contribution in [1.82, 2.24) is 15.2 Å². The lowest BCUT2D eigenvalue weighted by molar-refractivity contribution is 0.0966. The van der Waals surface area contributed by atoms with Crippen molar-refractivity contribution in [1.29, 1.82) is 0 Å². The Balaban J connectivity index is 1.61. The number of carbonyl (C=O) groups is 1. The Bertz CT molecular complexity index is 968. The zero-order chi connectivity index (χ0) is 18.8. The molecule has 1 unspecified atom stereocenters. The van der Waals surface area contributed by atoms with Gasteiger partial charge >= 0.3 is 0 Å². The lowest BCUT2D eigenvalue weighted by atomic mass is 9.95. The number of nitrogens with one attached hydrogen (secondary N) is 2. The van der Waals surface area contributed by atoms with E-state index in [1.807, 2.05) is 25.4 Å². The first-order chi connectivity index (χ1) is 13.2. The van der Waals surface area contributed by atoms with Gasteiger partial charge in [0.05, 0.1) is 4.88 Å². The van der Waals surface area contributed by atoms with Crippen LogP contribution in [0.5, 0.6) is 0 Å². The molecule has 3 aromatic rings. The lowest BCUT2D eigenvalue weighted by Gasteiger charge is -2.18. The molecular formula is C21H24N4OS. The summed E-state index contributed by atoms with van der Waals surface area (Å²) < 4.78 is 1.19. The van der Waals surface area contributed by atoms with Gasteiger partial charge < -0.3 is 10.6 Å². The van der Waals surface area contributed by atoms with E-state index in [4.69, 9.17) is 0 Å². The van der Waals surface area contributed by atoms with Crippen molar-refractivity contribution in [3.63, 3.8) is 0 Å². The van der Waals surface area contributed by atoms with E-state index in [-0.39, 0.29) is 5.91 Å². The summed E-state index contributed by atoms with van der Waals surface area (Å²) in [6, 6.07) is 12.5. The number of carbonyl (C=O) groups excluding carboxylic acids is 1. The topological polar surface area (TPSA) is 57.3 Å². The van der Waals surface area contributed by atoms with Gasteiger partial charge in [0.15, 0.2) is 0 Å². The molecular weight excluding hydrogens is 356 g/mol. The second-order valence-electron chi connectivity index (χ2n) is 6.90. The predicted molar refractivity (Wildman–Crippen MR) is 112 cm³/mol. The molecule has 140 valence electrons. The number of pyridine rings is 1. The number of aromatic nitrogens is 1. The van der Waals surface area contributed by atoms with Gasteiger partial charge in [0.25, 0.3) is 5.91 Å². The third kappa shape index (κ3) is 3.42. The largest absolute Gasteiger partial charge is 0.373 e. The molecule has 0 spiro atoms. The van der Waals surface area contributed by atoms with Crippen molar-refractivity contribution >= 4 is 33.1 Å². The van der Waals surface area contributed by atoms with Crippen molar-refractivity contribution in [3.8, 4) is 0 Å². The first-order valence-corrected chi connectivity index (χ1v) is 10.1. The van der Waals surface area contributed by atoms with E-state index in [1.54, 1.807) is 18.4 Å². The third-order valence-electron chi connectivity index (χ3n) is 5.27. The van der Waals surface area contributed by atoms with Gasteiger partial charge in [-0.3, -0.25) is 9.69 Å². The van der Waals surface area contributed by atoms with Crippen LogP contribution in [-0.4, -0.2) is 43.0 Å². The highest BCUT2D eigenvalue weighted by molar-refractivity contribution is 7.21. The van der Waals surface area contributed by atoms with Gasteiger partial charge in [0.1, 0.15) is 5.82 Å². The molecule has 1 saturated heterocycles. The van der Waals surface area contributed by atoms with Crippen molar-refractivity contribution in [2.75, 3.05) is 32.5 Å². The second-order valence-corrected chi connectivity index (χ2v) is 7.95. The second kappa shape index (κ2) is 7.66. The standard InChI is InChI=1S/C21H24N4OS/c1-22-20-15(6-5-10-24-20)13-25-11-9-14(12-25)18-16-7-3-4-8-17(16)27-19(18)21(26)23-2/h3-8,10,14H,9,11-13H2,1-2H3,(H,22,24)(H,23,26). The number of fused-ring (bicyclic) bond motifs is 1. The van der Waals surface area contributed by atoms with E-state index in [1.165, 1.54) is 21.2 Å². The fraction of sp³-hybridized carbons (Fsp3) is 0.333. The van der Waals surface area contributed by atoms with Gasteiger partial charge in [-0.1, -0.05) is 24.3 Å². The predicted octanol–water partition coefficient (Wildman–Crippen LogP) is 3.69. The number of thiophene rings is 1. The van der Waals surface area contributed by atoms with Crippen LogP contribution in [0.25, 0.3) is 10.1 Å². The lowest BCUT2D eigenvalue weighted by Crippen LogP contribution is -2.22. The van der Waals surface area contributed by atoms with Gasteiger partial charge in [-0.05, 0) is 36.0 Å². The number of nitrogens with zero attached hydrogens (tertiary/aromatic N) is 2. The molecule has 0 bridgehead atoms. The first-order valence-electron chi connectivity index (χ1n) is 9.28. The summed E-state index contributed by atoms with van der Waals surface area (Å²) in [5, 5.41) is 7.22. The highest BCUT2D eigenvalue weighted by Crippen LogP contribution is 2.40. The van der Waals surface area contributed by atoms with Crippen molar-refractivity contribution in [2.24, 2.45) is 0 Å². The highest BCUT2D eigenvalue weighted by atomic mass is 32.1. The minimum Gasteiger partial charge on any atom is -0.373 e. The summed E-state index contributed by atoms with van der Waals surface area (Å²) in [5.41, 5.74) is 2.43. The van der Waals surface area contributed by atoms with Crippen LogP contribution in [0.15, 0.2) is 42.6 Å². The Morgan fingerprint density at radius 2 is 2.11 bits per heavy atom. The van der Waals surface area contributed by atoms with E-state index >= 15 is 0 Å². The summed E-state index contributed by atoms with van der Waals surface area (Å²) in [5.74, 6) is 1.34. The summed E-state index contributed by atoms with van der Waals surface area (Å²) in [6.07, 6.45) is 2.88. The maximum absolute atomic E-state index is 12.5. The summed E-state index contributed by atoms with van der Waals surface area (Å²) in [6.45, 7) is 2.86. The van der Waals surface area contributed by atoms with E-state index in [2.05, 4.69) is 44.8 Å². The molecule has 1 fully saturated rings. The molecule has 1 atom stereocenters. The smallest absolute Gasteiger partial charge is 0.261 e. The van der Waals surface area contributed by atoms with E-state index in [0.29, 0.717) is 5.92 Å².